The maximum atomic E-state index is 8.64. The molecule has 0 amide bonds. The number of hydrogen-bond acceptors (Lipinski definition) is 3. The summed E-state index contributed by atoms with van der Waals surface area (Å²) in [5.74, 6) is 0. The Kier molecular flexibility index (Phi) is 16.4. The Labute approximate surface area is 125 Å². The Hall–Kier alpha value is -0.380. The second-order valence-corrected chi connectivity index (χ2v) is 5.15. The number of aliphatic hydroxyl groups is 1. The predicted molar refractivity (Wildman–Crippen MR) is 84.8 cm³/mol. The number of unbranched alkanes of at least 4 members (excludes halogenated alkanes) is 4. The van der Waals surface area contributed by atoms with Gasteiger partial charge in [-0.25, -0.2) is 0 Å². The van der Waals surface area contributed by atoms with E-state index in [1.54, 1.807) is 0 Å². The molecule has 1 N–H and O–H groups in total. The first-order valence-corrected chi connectivity index (χ1v) is 8.34. The fourth-order valence-corrected chi connectivity index (χ4v) is 1.95. The molecule has 0 saturated carbocycles. The minimum absolute atomic E-state index is 0.000602. The lowest BCUT2D eigenvalue weighted by molar-refractivity contribution is -0.146. The van der Waals surface area contributed by atoms with Crippen LogP contribution in [0.5, 0.6) is 0 Å². The zero-order valence-electron chi connectivity index (χ0n) is 13.5. The number of rotatable bonds is 15. The van der Waals surface area contributed by atoms with Gasteiger partial charge in [0.15, 0.2) is 6.29 Å². The summed E-state index contributed by atoms with van der Waals surface area (Å²) in [6.45, 7) is 6.10. The standard InChI is InChI=1S/C17H34O3/c1-3-15-19-17(20-16-4-2)13-11-9-7-5-6-8-10-12-14-18/h8,10,17-18H,3-7,9,11-16H2,1-2H3/b10-8-. The average Bonchev–Trinajstić information content (AvgIpc) is 2.47. The van der Waals surface area contributed by atoms with Crippen LogP contribution in [-0.4, -0.2) is 31.2 Å². The zero-order chi connectivity index (χ0) is 14.9. The predicted octanol–water partition coefficient (Wildman–Crippen LogP) is 4.44. The van der Waals surface area contributed by atoms with Crippen LogP contribution in [0, 0.1) is 0 Å². The highest BCUT2D eigenvalue weighted by molar-refractivity contribution is 4.80. The molecule has 0 heterocycles. The molecule has 120 valence electrons. The second-order valence-electron chi connectivity index (χ2n) is 5.15. The number of hydrogen-bond donors (Lipinski definition) is 1. The second kappa shape index (κ2) is 16.7. The highest BCUT2D eigenvalue weighted by Gasteiger charge is 2.07. The molecule has 0 radical (unpaired) electrons. The Morgan fingerprint density at radius 3 is 2.05 bits per heavy atom. The lowest BCUT2D eigenvalue weighted by Gasteiger charge is -2.17. The lowest BCUT2D eigenvalue weighted by atomic mass is 10.1. The van der Waals surface area contributed by atoms with Crippen molar-refractivity contribution < 1.29 is 14.6 Å². The van der Waals surface area contributed by atoms with E-state index in [0.717, 1.165) is 45.3 Å². The van der Waals surface area contributed by atoms with Gasteiger partial charge in [0, 0.05) is 19.8 Å². The van der Waals surface area contributed by atoms with Gasteiger partial charge in [-0.15, -0.1) is 0 Å². The third-order valence-corrected chi connectivity index (χ3v) is 3.04. The summed E-state index contributed by atoms with van der Waals surface area (Å²) in [7, 11) is 0. The summed E-state index contributed by atoms with van der Waals surface area (Å²) in [6, 6.07) is 0. The van der Waals surface area contributed by atoms with Crippen LogP contribution < -0.4 is 0 Å². The van der Waals surface area contributed by atoms with Crippen molar-refractivity contribution in [3.8, 4) is 0 Å². The summed E-state index contributed by atoms with van der Waals surface area (Å²) >= 11 is 0. The maximum absolute atomic E-state index is 8.64. The fourth-order valence-electron chi connectivity index (χ4n) is 1.95. The first-order valence-electron chi connectivity index (χ1n) is 8.34. The molecule has 0 rings (SSSR count). The van der Waals surface area contributed by atoms with Crippen molar-refractivity contribution in [3.63, 3.8) is 0 Å². The van der Waals surface area contributed by atoms with E-state index in [2.05, 4.69) is 26.0 Å². The molecule has 3 nitrogen and oxygen atoms in total. The van der Waals surface area contributed by atoms with Gasteiger partial charge >= 0.3 is 0 Å². The van der Waals surface area contributed by atoms with Crippen LogP contribution in [0.2, 0.25) is 0 Å². The summed E-state index contributed by atoms with van der Waals surface area (Å²) in [6.07, 6.45) is 14.2. The minimum Gasteiger partial charge on any atom is -0.396 e. The molecule has 0 bridgehead atoms. The molecule has 0 aliphatic carbocycles. The van der Waals surface area contributed by atoms with Gasteiger partial charge < -0.3 is 14.6 Å². The van der Waals surface area contributed by atoms with E-state index in [9.17, 15) is 0 Å². The molecule has 0 aliphatic rings. The number of aliphatic hydroxyl groups excluding tert-OH is 1. The largest absolute Gasteiger partial charge is 0.396 e. The van der Waals surface area contributed by atoms with Crippen LogP contribution in [0.15, 0.2) is 12.2 Å². The lowest BCUT2D eigenvalue weighted by Crippen LogP contribution is -2.18. The molecule has 0 spiro atoms. The van der Waals surface area contributed by atoms with Crippen LogP contribution >= 0.6 is 0 Å². The molecule has 0 aromatic heterocycles. The van der Waals surface area contributed by atoms with E-state index in [4.69, 9.17) is 14.6 Å². The molecule has 0 aromatic rings. The smallest absolute Gasteiger partial charge is 0.157 e. The number of allylic oxidation sites excluding steroid dienone is 1. The third-order valence-electron chi connectivity index (χ3n) is 3.04. The van der Waals surface area contributed by atoms with E-state index in [1.165, 1.54) is 25.7 Å². The Morgan fingerprint density at radius 1 is 0.850 bits per heavy atom. The SMILES string of the molecule is CCCOC(CCCCCC/C=C\CCO)OCCC. The summed E-state index contributed by atoms with van der Waals surface area (Å²) < 4.78 is 11.4. The van der Waals surface area contributed by atoms with E-state index >= 15 is 0 Å². The van der Waals surface area contributed by atoms with Crippen molar-refractivity contribution in [2.24, 2.45) is 0 Å². The first kappa shape index (κ1) is 19.6. The van der Waals surface area contributed by atoms with Gasteiger partial charge in [0.2, 0.25) is 0 Å². The summed E-state index contributed by atoms with van der Waals surface area (Å²) in [5, 5.41) is 8.64. The van der Waals surface area contributed by atoms with Crippen LogP contribution in [0.25, 0.3) is 0 Å². The normalized spacial score (nSPS) is 11.8. The molecule has 0 atom stereocenters. The van der Waals surface area contributed by atoms with Crippen molar-refractivity contribution in [1.29, 1.82) is 0 Å². The van der Waals surface area contributed by atoms with Crippen molar-refractivity contribution in [3.05, 3.63) is 12.2 Å². The van der Waals surface area contributed by atoms with Gasteiger partial charge in [-0.3, -0.25) is 0 Å². The van der Waals surface area contributed by atoms with Gasteiger partial charge in [0.1, 0.15) is 0 Å². The Balaban J connectivity index is 3.46. The minimum atomic E-state index is -0.000602. The van der Waals surface area contributed by atoms with Gasteiger partial charge in [0.05, 0.1) is 0 Å². The van der Waals surface area contributed by atoms with E-state index in [0.29, 0.717) is 0 Å². The molecule has 20 heavy (non-hydrogen) atoms. The van der Waals surface area contributed by atoms with Crippen LogP contribution in [0.3, 0.4) is 0 Å². The van der Waals surface area contributed by atoms with Crippen LogP contribution in [0.4, 0.5) is 0 Å². The maximum Gasteiger partial charge on any atom is 0.157 e. The molecule has 0 fully saturated rings. The molecular weight excluding hydrogens is 252 g/mol. The molecule has 0 saturated heterocycles. The summed E-state index contributed by atoms with van der Waals surface area (Å²) in [5.41, 5.74) is 0. The van der Waals surface area contributed by atoms with Crippen molar-refractivity contribution in [2.75, 3.05) is 19.8 Å². The zero-order valence-corrected chi connectivity index (χ0v) is 13.5. The van der Waals surface area contributed by atoms with Crippen molar-refractivity contribution in [2.45, 2.75) is 77.9 Å². The highest BCUT2D eigenvalue weighted by Crippen LogP contribution is 2.11. The fraction of sp³-hybridized carbons (Fsp3) is 0.882. The van der Waals surface area contributed by atoms with Crippen LogP contribution in [0.1, 0.15) is 71.6 Å². The van der Waals surface area contributed by atoms with Gasteiger partial charge in [-0.05, 0) is 44.9 Å². The van der Waals surface area contributed by atoms with E-state index < -0.39 is 0 Å². The topological polar surface area (TPSA) is 38.7 Å². The van der Waals surface area contributed by atoms with E-state index in [-0.39, 0.29) is 12.9 Å². The highest BCUT2D eigenvalue weighted by atomic mass is 16.7. The summed E-state index contributed by atoms with van der Waals surface area (Å²) in [4.78, 5) is 0. The molecule has 0 aromatic carbocycles. The molecule has 0 unspecified atom stereocenters. The number of ether oxygens (including phenoxy) is 2. The molecular formula is C17H34O3. The average molecular weight is 286 g/mol. The monoisotopic (exact) mass is 286 g/mol. The third kappa shape index (κ3) is 14.0. The quantitative estimate of drug-likeness (QED) is 0.275. The first-order chi connectivity index (χ1) is 9.85. The van der Waals surface area contributed by atoms with Gasteiger partial charge in [0.25, 0.3) is 0 Å². The molecule has 3 heteroatoms. The van der Waals surface area contributed by atoms with Gasteiger partial charge in [-0.1, -0.05) is 38.8 Å². The molecule has 0 aliphatic heterocycles. The van der Waals surface area contributed by atoms with Crippen molar-refractivity contribution in [1.82, 2.24) is 0 Å². The Morgan fingerprint density at radius 2 is 1.45 bits per heavy atom. The van der Waals surface area contributed by atoms with Gasteiger partial charge in [-0.2, -0.15) is 0 Å². The van der Waals surface area contributed by atoms with E-state index in [1.807, 2.05) is 0 Å². The van der Waals surface area contributed by atoms with Crippen LogP contribution in [-0.2, 0) is 9.47 Å². The Bertz CT molecular complexity index is 196. The van der Waals surface area contributed by atoms with Crippen molar-refractivity contribution >= 4 is 0 Å².